The molecule has 164 valence electrons. The second-order valence-corrected chi connectivity index (χ2v) is 7.45. The molecule has 0 atom stereocenters. The molecule has 0 bridgehead atoms. The number of amides is 1. The smallest absolute Gasteiger partial charge is 0.274 e. The average molecular weight is 438 g/mol. The minimum atomic E-state index is -0.481. The van der Waals surface area contributed by atoms with Gasteiger partial charge in [-0.3, -0.25) is 14.4 Å². The molecule has 1 saturated heterocycles. The summed E-state index contributed by atoms with van der Waals surface area (Å²) < 4.78 is 28.7. The summed E-state index contributed by atoms with van der Waals surface area (Å²) in [5.41, 5.74) is 0.676. The van der Waals surface area contributed by atoms with Crippen LogP contribution in [0.15, 0.2) is 59.4 Å². The lowest BCUT2D eigenvalue weighted by Crippen LogP contribution is -2.49. The number of anilines is 1. The minimum Gasteiger partial charge on any atom is -0.366 e. The zero-order valence-electron chi connectivity index (χ0n) is 17.3. The van der Waals surface area contributed by atoms with Gasteiger partial charge in [0.2, 0.25) is 0 Å². The number of benzene rings is 2. The van der Waals surface area contributed by atoms with Crippen LogP contribution in [0.2, 0.25) is 0 Å². The fraction of sp³-hybridized carbons (Fsp3) is 0.217. The number of halogens is 2. The third kappa shape index (κ3) is 4.27. The number of hydrogen-bond acceptors (Lipinski definition) is 5. The Bertz CT molecular complexity index is 1230. The number of hydrogen-bond donors (Lipinski definition) is 0. The Morgan fingerprint density at radius 2 is 1.59 bits per heavy atom. The number of carbonyl (C=O) groups is 2. The lowest BCUT2D eigenvalue weighted by atomic mass is 10.1. The van der Waals surface area contributed by atoms with Crippen molar-refractivity contribution in [2.24, 2.45) is 0 Å². The van der Waals surface area contributed by atoms with Crippen LogP contribution in [0, 0.1) is 11.6 Å². The Hall–Kier alpha value is -3.88. The van der Waals surface area contributed by atoms with Crippen molar-refractivity contribution < 1.29 is 18.4 Å². The maximum Gasteiger partial charge on any atom is 0.274 e. The fourth-order valence-electron chi connectivity index (χ4n) is 3.59. The summed E-state index contributed by atoms with van der Waals surface area (Å²) in [6.07, 6.45) is 0. The molecular formula is C23H20F2N4O3. The van der Waals surface area contributed by atoms with Crippen LogP contribution in [-0.4, -0.2) is 52.5 Å². The van der Waals surface area contributed by atoms with E-state index in [0.717, 1.165) is 4.68 Å². The first-order valence-electron chi connectivity index (χ1n) is 10.0. The first kappa shape index (κ1) is 21.4. The summed E-state index contributed by atoms with van der Waals surface area (Å²) in [4.78, 5) is 39.9. The van der Waals surface area contributed by atoms with Gasteiger partial charge < -0.3 is 9.80 Å². The molecule has 2 aromatic carbocycles. The second kappa shape index (κ2) is 8.70. The molecule has 1 fully saturated rings. The van der Waals surface area contributed by atoms with Crippen LogP contribution >= 0.6 is 0 Å². The van der Waals surface area contributed by atoms with Crippen molar-refractivity contribution >= 4 is 17.4 Å². The van der Waals surface area contributed by atoms with E-state index in [9.17, 15) is 23.2 Å². The molecule has 1 aliphatic rings. The summed E-state index contributed by atoms with van der Waals surface area (Å²) >= 11 is 0. The number of rotatable bonds is 4. The molecule has 3 aromatic rings. The van der Waals surface area contributed by atoms with E-state index >= 15 is 0 Å². The van der Waals surface area contributed by atoms with Crippen LogP contribution in [-0.2, 0) is 0 Å². The quantitative estimate of drug-likeness (QED) is 0.586. The first-order valence-corrected chi connectivity index (χ1v) is 10.0. The van der Waals surface area contributed by atoms with Gasteiger partial charge in [0.1, 0.15) is 17.3 Å². The van der Waals surface area contributed by atoms with E-state index in [-0.39, 0.29) is 17.4 Å². The molecule has 0 saturated carbocycles. The summed E-state index contributed by atoms with van der Waals surface area (Å²) in [6, 6.07) is 12.2. The third-order valence-corrected chi connectivity index (χ3v) is 5.35. The first-order chi connectivity index (χ1) is 15.3. The summed E-state index contributed by atoms with van der Waals surface area (Å²) in [5.74, 6) is -1.49. The minimum absolute atomic E-state index is 0.0827. The number of nitrogens with zero attached hydrogens (tertiary/aromatic N) is 4. The molecule has 0 radical (unpaired) electrons. The van der Waals surface area contributed by atoms with Gasteiger partial charge in [-0.05, 0) is 55.5 Å². The largest absolute Gasteiger partial charge is 0.366 e. The zero-order valence-corrected chi connectivity index (χ0v) is 17.3. The van der Waals surface area contributed by atoms with Gasteiger partial charge in [-0.15, -0.1) is 0 Å². The summed E-state index contributed by atoms with van der Waals surface area (Å²) in [7, 11) is 0. The fourth-order valence-corrected chi connectivity index (χ4v) is 3.59. The molecule has 4 rings (SSSR count). The topological polar surface area (TPSA) is 75.5 Å². The Morgan fingerprint density at radius 1 is 0.906 bits per heavy atom. The van der Waals surface area contributed by atoms with Gasteiger partial charge in [-0.2, -0.15) is 9.78 Å². The number of aromatic nitrogens is 2. The van der Waals surface area contributed by atoms with Crippen LogP contribution in [0.1, 0.15) is 27.8 Å². The van der Waals surface area contributed by atoms with Crippen molar-refractivity contribution in [2.75, 3.05) is 31.1 Å². The average Bonchev–Trinajstić information content (AvgIpc) is 2.79. The van der Waals surface area contributed by atoms with E-state index in [4.69, 9.17) is 0 Å². The number of Topliss-reactive ketones (excluding diaryl/α,β-unsaturated/α-hetero) is 1. The highest BCUT2D eigenvalue weighted by Gasteiger charge is 2.25. The molecule has 32 heavy (non-hydrogen) atoms. The van der Waals surface area contributed by atoms with Gasteiger partial charge in [0, 0.05) is 37.8 Å². The maximum atomic E-state index is 14.4. The van der Waals surface area contributed by atoms with Gasteiger partial charge >= 0.3 is 0 Å². The molecule has 0 spiro atoms. The highest BCUT2D eigenvalue weighted by atomic mass is 19.1. The van der Waals surface area contributed by atoms with Crippen LogP contribution < -0.4 is 10.5 Å². The SMILES string of the molecule is CC(=O)c1ccc(N2CCN(C(=O)c3ccc(=O)n(-c4ccc(F)cc4)n3)CC2)c(F)c1. The lowest BCUT2D eigenvalue weighted by Gasteiger charge is -2.36. The predicted molar refractivity (Wildman–Crippen MR) is 114 cm³/mol. The zero-order chi connectivity index (χ0) is 22.8. The monoisotopic (exact) mass is 438 g/mol. The normalized spacial score (nSPS) is 13.8. The van der Waals surface area contributed by atoms with Crippen molar-refractivity contribution in [3.63, 3.8) is 0 Å². The Labute approximate surface area is 182 Å². The van der Waals surface area contributed by atoms with E-state index in [1.165, 1.54) is 49.4 Å². The molecule has 7 nitrogen and oxygen atoms in total. The highest BCUT2D eigenvalue weighted by molar-refractivity contribution is 5.94. The van der Waals surface area contributed by atoms with Crippen molar-refractivity contribution in [1.82, 2.24) is 14.7 Å². The number of piperazine rings is 1. The van der Waals surface area contributed by atoms with Gasteiger partial charge in [-0.1, -0.05) is 0 Å². The van der Waals surface area contributed by atoms with Gasteiger partial charge in [0.05, 0.1) is 11.4 Å². The van der Waals surface area contributed by atoms with Crippen molar-refractivity contribution in [1.29, 1.82) is 0 Å². The predicted octanol–water partition coefficient (Wildman–Crippen LogP) is 2.68. The van der Waals surface area contributed by atoms with E-state index in [0.29, 0.717) is 43.1 Å². The Balaban J connectivity index is 1.48. The molecule has 2 heterocycles. The maximum absolute atomic E-state index is 14.4. The van der Waals surface area contributed by atoms with Crippen LogP contribution in [0.3, 0.4) is 0 Å². The van der Waals surface area contributed by atoms with E-state index in [1.807, 2.05) is 4.90 Å². The Morgan fingerprint density at radius 3 is 2.22 bits per heavy atom. The molecule has 0 unspecified atom stereocenters. The second-order valence-electron chi connectivity index (χ2n) is 7.45. The molecule has 0 aliphatic carbocycles. The van der Waals surface area contributed by atoms with Crippen molar-refractivity contribution in [2.45, 2.75) is 6.92 Å². The standard InChI is InChI=1S/C23H20F2N4O3/c1-15(30)16-2-8-21(19(25)14-16)27-10-12-28(13-11-27)23(32)20-7-9-22(31)29(26-20)18-5-3-17(24)4-6-18/h2-9,14H,10-13H2,1H3. The van der Waals surface area contributed by atoms with Crippen LogP contribution in [0.5, 0.6) is 0 Å². The number of ketones is 1. The molecule has 9 heteroatoms. The van der Waals surface area contributed by atoms with Crippen molar-refractivity contribution in [3.05, 3.63) is 87.8 Å². The Kier molecular flexibility index (Phi) is 5.81. The summed E-state index contributed by atoms with van der Waals surface area (Å²) in [5, 5.41) is 4.15. The van der Waals surface area contributed by atoms with E-state index < -0.39 is 17.2 Å². The number of carbonyl (C=O) groups excluding carboxylic acids is 2. The molecule has 1 amide bonds. The van der Waals surface area contributed by atoms with Gasteiger partial charge in [-0.25, -0.2) is 8.78 Å². The van der Waals surface area contributed by atoms with Gasteiger partial charge in [0.25, 0.3) is 11.5 Å². The molecule has 1 aromatic heterocycles. The lowest BCUT2D eigenvalue weighted by molar-refractivity contribution is 0.0738. The van der Waals surface area contributed by atoms with Gasteiger partial charge in [0.15, 0.2) is 5.78 Å². The molecular weight excluding hydrogens is 418 g/mol. The third-order valence-electron chi connectivity index (χ3n) is 5.35. The summed E-state index contributed by atoms with van der Waals surface area (Å²) in [6.45, 7) is 2.86. The molecule has 1 aliphatic heterocycles. The van der Waals surface area contributed by atoms with Crippen LogP contribution in [0.4, 0.5) is 14.5 Å². The molecule has 0 N–H and O–H groups in total. The highest BCUT2D eigenvalue weighted by Crippen LogP contribution is 2.22. The van der Waals surface area contributed by atoms with E-state index in [2.05, 4.69) is 5.10 Å². The van der Waals surface area contributed by atoms with E-state index in [1.54, 1.807) is 17.0 Å². The van der Waals surface area contributed by atoms with Crippen molar-refractivity contribution in [3.8, 4) is 5.69 Å². The van der Waals surface area contributed by atoms with Crippen LogP contribution in [0.25, 0.3) is 5.69 Å².